The minimum absolute atomic E-state index is 0.0193. The van der Waals surface area contributed by atoms with Crippen LogP contribution in [-0.2, 0) is 15.9 Å². The van der Waals surface area contributed by atoms with Crippen molar-refractivity contribution in [2.45, 2.75) is 71.1 Å². The van der Waals surface area contributed by atoms with E-state index < -0.39 is 7.12 Å². The highest BCUT2D eigenvalue weighted by Gasteiger charge is 2.51. The maximum absolute atomic E-state index is 12.4. The Morgan fingerprint density at radius 2 is 1.68 bits per heavy atom. The zero-order valence-corrected chi connectivity index (χ0v) is 16.1. The average molecular weight is 346 g/mol. The van der Waals surface area contributed by atoms with E-state index >= 15 is 0 Å². The molecule has 0 aliphatic carbocycles. The smallest absolute Gasteiger partial charge is 0.399 e. The van der Waals surface area contributed by atoms with E-state index in [9.17, 15) is 4.79 Å². The zero-order chi connectivity index (χ0) is 18.1. The molecule has 1 aromatic heterocycles. The maximum Gasteiger partial charge on any atom is 0.495 e. The van der Waals surface area contributed by atoms with Gasteiger partial charge in [0, 0.05) is 18.8 Å². The number of rotatable bonds is 5. The molecule has 3 heterocycles. The van der Waals surface area contributed by atoms with Gasteiger partial charge in [-0.05, 0) is 78.1 Å². The summed E-state index contributed by atoms with van der Waals surface area (Å²) in [5.41, 5.74) is 0.0452. The summed E-state index contributed by atoms with van der Waals surface area (Å²) in [6.07, 6.45) is 6.86. The van der Waals surface area contributed by atoms with Crippen molar-refractivity contribution in [2.24, 2.45) is 0 Å². The van der Waals surface area contributed by atoms with E-state index in [1.54, 1.807) is 10.6 Å². The molecule has 2 fully saturated rings. The molecule has 0 spiro atoms. The quantitative estimate of drug-likeness (QED) is 0.766. The summed E-state index contributed by atoms with van der Waals surface area (Å²) >= 11 is 0. The van der Waals surface area contributed by atoms with Crippen LogP contribution in [0.2, 0.25) is 0 Å². The van der Waals surface area contributed by atoms with Crippen LogP contribution in [0.1, 0.15) is 53.4 Å². The maximum atomic E-state index is 12.4. The van der Waals surface area contributed by atoms with Crippen LogP contribution in [0.4, 0.5) is 0 Å². The molecule has 138 valence electrons. The zero-order valence-electron chi connectivity index (χ0n) is 16.1. The van der Waals surface area contributed by atoms with Gasteiger partial charge in [0.05, 0.1) is 11.2 Å². The monoisotopic (exact) mass is 346 g/mol. The van der Waals surface area contributed by atoms with Gasteiger partial charge in [0.25, 0.3) is 0 Å². The Kier molecular flexibility index (Phi) is 5.42. The highest BCUT2D eigenvalue weighted by molar-refractivity contribution is 6.62. The van der Waals surface area contributed by atoms with Crippen LogP contribution < -0.4 is 11.0 Å². The molecule has 2 aliphatic rings. The first-order valence-electron chi connectivity index (χ1n) is 9.57. The topological polar surface area (TPSA) is 43.7 Å². The highest BCUT2D eigenvalue weighted by Crippen LogP contribution is 2.36. The Morgan fingerprint density at radius 3 is 2.28 bits per heavy atom. The predicted molar refractivity (Wildman–Crippen MR) is 101 cm³/mol. The van der Waals surface area contributed by atoms with Crippen molar-refractivity contribution in [1.29, 1.82) is 0 Å². The molecule has 0 radical (unpaired) electrons. The molecule has 0 aromatic carbocycles. The van der Waals surface area contributed by atoms with Crippen LogP contribution in [0.25, 0.3) is 0 Å². The van der Waals surface area contributed by atoms with E-state index in [0.29, 0.717) is 0 Å². The Balaban J connectivity index is 1.59. The second-order valence-electron chi connectivity index (χ2n) is 8.34. The molecule has 0 unspecified atom stereocenters. The predicted octanol–water partition coefficient (Wildman–Crippen LogP) is 2.02. The number of piperidine rings is 1. The molecule has 0 amide bonds. The summed E-state index contributed by atoms with van der Waals surface area (Å²) in [5, 5.41) is 0. The summed E-state index contributed by atoms with van der Waals surface area (Å²) < 4.78 is 13.8. The van der Waals surface area contributed by atoms with Crippen molar-refractivity contribution in [1.82, 2.24) is 9.47 Å². The van der Waals surface area contributed by atoms with Crippen molar-refractivity contribution >= 4 is 12.6 Å². The number of likely N-dealkylation sites (tertiary alicyclic amines) is 1. The van der Waals surface area contributed by atoms with Gasteiger partial charge in [0.15, 0.2) is 0 Å². The third-order valence-electron chi connectivity index (χ3n) is 5.87. The molecule has 0 atom stereocenters. The van der Waals surface area contributed by atoms with Gasteiger partial charge in [-0.15, -0.1) is 0 Å². The molecule has 3 rings (SSSR count). The minimum Gasteiger partial charge on any atom is -0.399 e. The third-order valence-corrected chi connectivity index (χ3v) is 5.87. The van der Waals surface area contributed by atoms with Gasteiger partial charge in [0.2, 0.25) is 5.56 Å². The van der Waals surface area contributed by atoms with Crippen molar-refractivity contribution < 1.29 is 9.31 Å². The Hall–Kier alpha value is -1.11. The van der Waals surface area contributed by atoms with Crippen molar-refractivity contribution in [3.63, 3.8) is 0 Å². The summed E-state index contributed by atoms with van der Waals surface area (Å²) in [6, 6.07) is 3.60. The van der Waals surface area contributed by atoms with Gasteiger partial charge in [-0.3, -0.25) is 4.79 Å². The standard InChI is InChI=1S/C19H31BN2O3/c1-18(2)19(3,4)25-20(24-18)16-9-14-22(17(23)15-16)13-8-12-21-10-6-5-7-11-21/h9,14-15H,5-8,10-13H2,1-4H3. The van der Waals surface area contributed by atoms with Gasteiger partial charge in [-0.2, -0.15) is 0 Å². The van der Waals surface area contributed by atoms with Crippen LogP contribution in [0.3, 0.4) is 0 Å². The largest absolute Gasteiger partial charge is 0.495 e. The molecule has 0 N–H and O–H groups in total. The average Bonchev–Trinajstić information content (AvgIpc) is 2.78. The number of hydrogen-bond donors (Lipinski definition) is 0. The molecule has 5 nitrogen and oxygen atoms in total. The first kappa shape index (κ1) is 18.7. The van der Waals surface area contributed by atoms with Gasteiger partial charge in [-0.1, -0.05) is 6.42 Å². The van der Waals surface area contributed by atoms with Crippen molar-refractivity contribution in [2.75, 3.05) is 19.6 Å². The SMILES string of the molecule is CC1(C)OB(c2ccn(CCCN3CCCCC3)c(=O)c2)OC1(C)C. The summed E-state index contributed by atoms with van der Waals surface area (Å²) in [4.78, 5) is 14.9. The molecule has 0 bridgehead atoms. The Bertz CT molecular complexity index is 634. The fourth-order valence-electron chi connectivity index (χ4n) is 3.48. The lowest BCUT2D eigenvalue weighted by atomic mass is 9.80. The minimum atomic E-state index is -0.472. The summed E-state index contributed by atoms with van der Waals surface area (Å²) in [7, 11) is -0.472. The fourth-order valence-corrected chi connectivity index (χ4v) is 3.48. The number of aromatic nitrogens is 1. The van der Waals surface area contributed by atoms with Crippen LogP contribution in [-0.4, -0.2) is 47.4 Å². The van der Waals surface area contributed by atoms with Gasteiger partial charge < -0.3 is 18.8 Å². The first-order valence-corrected chi connectivity index (χ1v) is 9.57. The molecule has 6 heteroatoms. The Labute approximate surface area is 151 Å². The highest BCUT2D eigenvalue weighted by atomic mass is 16.7. The second-order valence-corrected chi connectivity index (χ2v) is 8.34. The van der Waals surface area contributed by atoms with E-state index in [1.807, 2.05) is 40.0 Å². The van der Waals surface area contributed by atoms with E-state index in [4.69, 9.17) is 9.31 Å². The van der Waals surface area contributed by atoms with E-state index in [2.05, 4.69) is 4.90 Å². The number of nitrogens with zero attached hydrogens (tertiary/aromatic N) is 2. The van der Waals surface area contributed by atoms with E-state index in [1.165, 1.54) is 32.4 Å². The lowest BCUT2D eigenvalue weighted by molar-refractivity contribution is 0.00578. The van der Waals surface area contributed by atoms with Gasteiger partial charge in [0.1, 0.15) is 0 Å². The summed E-state index contributed by atoms with van der Waals surface area (Å²) in [6.45, 7) is 12.3. The molecule has 0 saturated carbocycles. The molecule has 25 heavy (non-hydrogen) atoms. The molecule has 2 saturated heterocycles. The second kappa shape index (κ2) is 7.26. The van der Waals surface area contributed by atoms with Crippen LogP contribution in [0.5, 0.6) is 0 Å². The van der Waals surface area contributed by atoms with Gasteiger partial charge in [-0.25, -0.2) is 0 Å². The fraction of sp³-hybridized carbons (Fsp3) is 0.737. The Morgan fingerprint density at radius 1 is 1.04 bits per heavy atom. The lowest BCUT2D eigenvalue weighted by Crippen LogP contribution is -2.41. The first-order chi connectivity index (χ1) is 11.8. The lowest BCUT2D eigenvalue weighted by Gasteiger charge is -2.32. The number of hydrogen-bond acceptors (Lipinski definition) is 4. The van der Waals surface area contributed by atoms with Crippen LogP contribution in [0.15, 0.2) is 23.1 Å². The molecular formula is C19H31BN2O3. The normalized spacial score (nSPS) is 23.1. The summed E-state index contributed by atoms with van der Waals surface area (Å²) in [5.74, 6) is 0. The number of aryl methyl sites for hydroxylation is 1. The van der Waals surface area contributed by atoms with Crippen LogP contribution in [0, 0.1) is 0 Å². The van der Waals surface area contributed by atoms with Crippen molar-refractivity contribution in [3.8, 4) is 0 Å². The van der Waals surface area contributed by atoms with Gasteiger partial charge >= 0.3 is 7.12 Å². The number of pyridine rings is 1. The van der Waals surface area contributed by atoms with Crippen molar-refractivity contribution in [3.05, 3.63) is 28.7 Å². The van der Waals surface area contributed by atoms with E-state index in [-0.39, 0.29) is 16.8 Å². The third kappa shape index (κ3) is 4.18. The molecule has 1 aromatic rings. The molecule has 2 aliphatic heterocycles. The molecular weight excluding hydrogens is 315 g/mol. The van der Waals surface area contributed by atoms with E-state index in [0.717, 1.165) is 25.0 Å². The van der Waals surface area contributed by atoms with Crippen LogP contribution >= 0.6 is 0 Å².